The van der Waals surface area contributed by atoms with E-state index in [4.69, 9.17) is 15.7 Å². The van der Waals surface area contributed by atoms with Crippen molar-refractivity contribution in [2.45, 2.75) is 32.8 Å². The van der Waals surface area contributed by atoms with Gasteiger partial charge in [0.1, 0.15) is 0 Å². The maximum absolute atomic E-state index is 8.58. The summed E-state index contributed by atoms with van der Waals surface area (Å²) in [6.45, 7) is 3.51. The lowest BCUT2D eigenvalue weighted by molar-refractivity contribution is 0.117. The molecule has 0 saturated heterocycles. The van der Waals surface area contributed by atoms with Gasteiger partial charge in [0.15, 0.2) is 5.84 Å². The van der Waals surface area contributed by atoms with Crippen molar-refractivity contribution < 1.29 is 9.94 Å². The summed E-state index contributed by atoms with van der Waals surface area (Å²) < 4.78 is 5.55. The molecular formula is C13H20N2O2. The van der Waals surface area contributed by atoms with Crippen LogP contribution in [0.5, 0.6) is 0 Å². The van der Waals surface area contributed by atoms with E-state index in [1.807, 2.05) is 18.2 Å². The van der Waals surface area contributed by atoms with Crippen molar-refractivity contribution in [3.05, 3.63) is 35.4 Å². The van der Waals surface area contributed by atoms with Gasteiger partial charge in [0.05, 0.1) is 6.61 Å². The summed E-state index contributed by atoms with van der Waals surface area (Å²) in [5, 5.41) is 11.6. The highest BCUT2D eigenvalue weighted by atomic mass is 16.5. The number of hydrogen-bond acceptors (Lipinski definition) is 3. The first-order valence-electron chi connectivity index (χ1n) is 5.92. The van der Waals surface area contributed by atoms with E-state index < -0.39 is 0 Å². The fraction of sp³-hybridized carbons (Fsp3) is 0.462. The zero-order chi connectivity index (χ0) is 12.5. The second-order valence-corrected chi connectivity index (χ2v) is 3.95. The molecular weight excluding hydrogens is 216 g/mol. The third-order valence-electron chi connectivity index (χ3n) is 2.49. The lowest BCUT2D eigenvalue weighted by Gasteiger charge is -2.05. The molecule has 0 fully saturated rings. The Kier molecular flexibility index (Phi) is 6.10. The minimum atomic E-state index is 0.123. The zero-order valence-corrected chi connectivity index (χ0v) is 10.2. The van der Waals surface area contributed by atoms with Gasteiger partial charge in [-0.2, -0.15) is 0 Å². The van der Waals surface area contributed by atoms with Crippen LogP contribution in [0.2, 0.25) is 0 Å². The van der Waals surface area contributed by atoms with Crippen LogP contribution in [-0.4, -0.2) is 17.6 Å². The molecule has 0 saturated carbocycles. The molecule has 4 heteroatoms. The van der Waals surface area contributed by atoms with Crippen molar-refractivity contribution in [2.24, 2.45) is 10.9 Å². The number of benzene rings is 1. The van der Waals surface area contributed by atoms with Gasteiger partial charge in [-0.15, -0.1) is 0 Å². The molecule has 0 unspecified atom stereocenters. The van der Waals surface area contributed by atoms with E-state index in [0.29, 0.717) is 12.2 Å². The van der Waals surface area contributed by atoms with Crippen LogP contribution in [0.15, 0.2) is 29.4 Å². The summed E-state index contributed by atoms with van der Waals surface area (Å²) in [5.74, 6) is 0.123. The number of nitrogens with zero attached hydrogens (tertiary/aromatic N) is 1. The molecule has 0 atom stereocenters. The van der Waals surface area contributed by atoms with Gasteiger partial charge in [0.25, 0.3) is 0 Å². The summed E-state index contributed by atoms with van der Waals surface area (Å²) >= 11 is 0. The summed E-state index contributed by atoms with van der Waals surface area (Å²) in [5.41, 5.74) is 7.26. The van der Waals surface area contributed by atoms with Crippen LogP contribution in [0, 0.1) is 0 Å². The molecule has 0 amide bonds. The Bertz CT molecular complexity index is 364. The molecule has 17 heavy (non-hydrogen) atoms. The number of nitrogens with two attached hydrogens (primary N) is 1. The van der Waals surface area contributed by atoms with E-state index >= 15 is 0 Å². The summed E-state index contributed by atoms with van der Waals surface area (Å²) in [6.07, 6.45) is 3.49. The molecule has 4 nitrogen and oxygen atoms in total. The van der Waals surface area contributed by atoms with E-state index in [2.05, 4.69) is 12.1 Å². The fourth-order valence-electron chi connectivity index (χ4n) is 1.52. The average Bonchev–Trinajstić information content (AvgIpc) is 2.38. The predicted octanol–water partition coefficient (Wildman–Crippen LogP) is 2.49. The van der Waals surface area contributed by atoms with Crippen molar-refractivity contribution in [3.63, 3.8) is 0 Å². The summed E-state index contributed by atoms with van der Waals surface area (Å²) in [7, 11) is 0. The molecule has 3 N–H and O–H groups in total. The molecule has 0 spiro atoms. The highest BCUT2D eigenvalue weighted by Crippen LogP contribution is 2.07. The zero-order valence-electron chi connectivity index (χ0n) is 10.2. The van der Waals surface area contributed by atoms with Crippen LogP contribution in [0.4, 0.5) is 0 Å². The summed E-state index contributed by atoms with van der Waals surface area (Å²) in [4.78, 5) is 0. The fourth-order valence-corrected chi connectivity index (χ4v) is 1.52. The SMILES string of the molecule is CCCCCOCc1cccc(/C(N)=N/O)c1. The van der Waals surface area contributed by atoms with Crippen molar-refractivity contribution in [1.29, 1.82) is 0 Å². The number of rotatable bonds is 7. The van der Waals surface area contributed by atoms with Crippen LogP contribution in [0.25, 0.3) is 0 Å². The Morgan fingerprint density at radius 1 is 1.41 bits per heavy atom. The van der Waals surface area contributed by atoms with Crippen molar-refractivity contribution in [1.82, 2.24) is 0 Å². The van der Waals surface area contributed by atoms with Crippen LogP contribution >= 0.6 is 0 Å². The predicted molar refractivity (Wildman–Crippen MR) is 68.1 cm³/mol. The maximum atomic E-state index is 8.58. The van der Waals surface area contributed by atoms with E-state index in [-0.39, 0.29) is 5.84 Å². The van der Waals surface area contributed by atoms with Gasteiger partial charge in [0.2, 0.25) is 0 Å². The first kappa shape index (κ1) is 13.5. The topological polar surface area (TPSA) is 67.8 Å². The average molecular weight is 236 g/mol. The normalized spacial score (nSPS) is 11.7. The number of amidine groups is 1. The monoisotopic (exact) mass is 236 g/mol. The maximum Gasteiger partial charge on any atom is 0.170 e. The van der Waals surface area contributed by atoms with Crippen LogP contribution in [0.1, 0.15) is 37.3 Å². The van der Waals surface area contributed by atoms with Crippen molar-refractivity contribution >= 4 is 5.84 Å². The highest BCUT2D eigenvalue weighted by Gasteiger charge is 2.00. The Balaban J connectivity index is 2.43. The number of oxime groups is 1. The second-order valence-electron chi connectivity index (χ2n) is 3.95. The molecule has 0 heterocycles. The van der Waals surface area contributed by atoms with Crippen LogP contribution in [-0.2, 0) is 11.3 Å². The Morgan fingerprint density at radius 3 is 2.94 bits per heavy atom. The van der Waals surface area contributed by atoms with Gasteiger partial charge in [-0.1, -0.05) is 43.1 Å². The third-order valence-corrected chi connectivity index (χ3v) is 2.49. The lowest BCUT2D eigenvalue weighted by Crippen LogP contribution is -2.13. The standard InChI is InChI=1S/C13H20N2O2/c1-2-3-4-8-17-10-11-6-5-7-12(9-11)13(14)15-16/h5-7,9,16H,2-4,8,10H2,1H3,(H2,14,15). The molecule has 1 rings (SSSR count). The molecule has 1 aromatic rings. The van der Waals surface area contributed by atoms with E-state index in [0.717, 1.165) is 18.6 Å². The smallest absolute Gasteiger partial charge is 0.170 e. The lowest BCUT2D eigenvalue weighted by atomic mass is 10.1. The highest BCUT2D eigenvalue weighted by molar-refractivity contribution is 5.97. The largest absolute Gasteiger partial charge is 0.409 e. The quantitative estimate of drug-likeness (QED) is 0.251. The first-order valence-corrected chi connectivity index (χ1v) is 5.92. The second kappa shape index (κ2) is 7.68. The van der Waals surface area contributed by atoms with Gasteiger partial charge in [-0.05, 0) is 18.1 Å². The molecule has 0 aromatic heterocycles. The molecule has 0 aliphatic heterocycles. The van der Waals surface area contributed by atoms with Gasteiger partial charge >= 0.3 is 0 Å². The molecule has 0 aliphatic carbocycles. The van der Waals surface area contributed by atoms with Gasteiger partial charge in [0, 0.05) is 12.2 Å². The van der Waals surface area contributed by atoms with E-state index in [1.165, 1.54) is 12.8 Å². The van der Waals surface area contributed by atoms with Gasteiger partial charge < -0.3 is 15.7 Å². The van der Waals surface area contributed by atoms with Gasteiger partial charge in [-0.25, -0.2) is 0 Å². The molecule has 94 valence electrons. The minimum absolute atomic E-state index is 0.123. The Labute approximate surface area is 102 Å². The van der Waals surface area contributed by atoms with Gasteiger partial charge in [-0.3, -0.25) is 0 Å². The van der Waals surface area contributed by atoms with Crippen molar-refractivity contribution in [3.8, 4) is 0 Å². The van der Waals surface area contributed by atoms with E-state index in [1.54, 1.807) is 6.07 Å². The molecule has 0 bridgehead atoms. The molecule has 0 aliphatic rings. The molecule has 0 radical (unpaired) electrons. The Morgan fingerprint density at radius 2 is 2.24 bits per heavy atom. The number of hydrogen-bond donors (Lipinski definition) is 2. The van der Waals surface area contributed by atoms with Crippen LogP contribution < -0.4 is 5.73 Å². The Hall–Kier alpha value is -1.55. The molecule has 1 aromatic carbocycles. The minimum Gasteiger partial charge on any atom is -0.409 e. The summed E-state index contributed by atoms with van der Waals surface area (Å²) in [6, 6.07) is 7.51. The van der Waals surface area contributed by atoms with Crippen LogP contribution in [0.3, 0.4) is 0 Å². The van der Waals surface area contributed by atoms with E-state index in [9.17, 15) is 0 Å². The first-order chi connectivity index (χ1) is 8.27. The third kappa shape index (κ3) is 4.87. The van der Waals surface area contributed by atoms with Crippen molar-refractivity contribution in [2.75, 3.05) is 6.61 Å². The number of unbranched alkanes of at least 4 members (excludes halogenated alkanes) is 2. The number of ether oxygens (including phenoxy) is 1.